The van der Waals surface area contributed by atoms with Gasteiger partial charge in [0.2, 0.25) is 5.91 Å². The summed E-state index contributed by atoms with van der Waals surface area (Å²) in [6.07, 6.45) is 2.29. The van der Waals surface area contributed by atoms with Crippen LogP contribution < -0.4 is 5.32 Å². The number of hydrogen-bond donors (Lipinski definition) is 1. The summed E-state index contributed by atoms with van der Waals surface area (Å²) in [5.41, 5.74) is 2.76. The zero-order valence-electron chi connectivity index (χ0n) is 13.3. The molecule has 0 heterocycles. The van der Waals surface area contributed by atoms with Crippen molar-refractivity contribution in [2.45, 2.75) is 13.8 Å². The number of nitrogens with one attached hydrogen (secondary N) is 1. The first-order chi connectivity index (χ1) is 11.4. The number of para-hydroxylation sites is 1. The van der Waals surface area contributed by atoms with Crippen molar-refractivity contribution < 1.29 is 14.5 Å². The van der Waals surface area contributed by atoms with Gasteiger partial charge < -0.3 is 5.32 Å². The van der Waals surface area contributed by atoms with Crippen LogP contribution in [0.1, 0.15) is 21.5 Å². The van der Waals surface area contributed by atoms with Gasteiger partial charge in [-0.15, -0.1) is 0 Å². The van der Waals surface area contributed by atoms with Gasteiger partial charge in [0, 0.05) is 29.5 Å². The molecule has 0 aliphatic heterocycles. The number of nitro benzene ring substituents is 1. The molecule has 6 heteroatoms. The molecule has 122 valence electrons. The number of anilines is 1. The van der Waals surface area contributed by atoms with Crippen molar-refractivity contribution in [2.75, 3.05) is 5.32 Å². The Hall–Kier alpha value is -3.28. The Morgan fingerprint density at radius 1 is 1.00 bits per heavy atom. The van der Waals surface area contributed by atoms with Crippen LogP contribution in [-0.2, 0) is 4.79 Å². The van der Waals surface area contributed by atoms with Crippen molar-refractivity contribution in [3.63, 3.8) is 0 Å². The molecular weight excluding hydrogens is 308 g/mol. The molecule has 2 rings (SSSR count). The molecule has 0 aliphatic rings. The molecule has 0 aromatic heterocycles. The van der Waals surface area contributed by atoms with E-state index in [4.69, 9.17) is 0 Å². The number of allylic oxidation sites excluding steroid dienone is 1. The Bertz CT molecular complexity index is 803. The molecular formula is C18H16N2O4. The highest BCUT2D eigenvalue weighted by atomic mass is 16.6. The molecule has 0 saturated heterocycles. The van der Waals surface area contributed by atoms with E-state index in [0.717, 1.165) is 29.0 Å². The van der Waals surface area contributed by atoms with Crippen LogP contribution in [0.5, 0.6) is 0 Å². The summed E-state index contributed by atoms with van der Waals surface area (Å²) < 4.78 is 0. The highest BCUT2D eigenvalue weighted by molar-refractivity contribution is 6.10. The van der Waals surface area contributed by atoms with Crippen LogP contribution in [0.2, 0.25) is 0 Å². The second-order valence-corrected chi connectivity index (χ2v) is 5.26. The molecule has 0 radical (unpaired) electrons. The van der Waals surface area contributed by atoms with Gasteiger partial charge in [-0.1, -0.05) is 18.2 Å². The standard InChI is InChI=1S/C18H16N2O4/c1-12-4-3-5-13(2)18(12)19-17(22)11-10-16(21)14-6-8-15(9-7-14)20(23)24/h3-11H,1-2H3,(H,19,22). The summed E-state index contributed by atoms with van der Waals surface area (Å²) in [6.45, 7) is 3.77. The molecule has 2 aromatic rings. The molecule has 1 amide bonds. The molecule has 0 atom stereocenters. The third-order valence-electron chi connectivity index (χ3n) is 3.48. The third kappa shape index (κ3) is 4.13. The summed E-state index contributed by atoms with van der Waals surface area (Å²) in [7, 11) is 0. The van der Waals surface area contributed by atoms with E-state index < -0.39 is 16.6 Å². The minimum Gasteiger partial charge on any atom is -0.322 e. The number of ketones is 1. The van der Waals surface area contributed by atoms with Crippen LogP contribution in [0.15, 0.2) is 54.6 Å². The minimum atomic E-state index is -0.540. The molecule has 2 aromatic carbocycles. The Kier molecular flexibility index (Phi) is 5.21. The van der Waals surface area contributed by atoms with Gasteiger partial charge in [0.1, 0.15) is 0 Å². The van der Waals surface area contributed by atoms with Gasteiger partial charge in [-0.2, -0.15) is 0 Å². The average molecular weight is 324 g/mol. The lowest BCUT2D eigenvalue weighted by Crippen LogP contribution is -2.11. The topological polar surface area (TPSA) is 89.3 Å². The van der Waals surface area contributed by atoms with Gasteiger partial charge in [0.15, 0.2) is 5.78 Å². The normalized spacial score (nSPS) is 10.6. The van der Waals surface area contributed by atoms with Gasteiger partial charge in [-0.3, -0.25) is 19.7 Å². The predicted octanol–water partition coefficient (Wildman–Crippen LogP) is 3.59. The SMILES string of the molecule is Cc1cccc(C)c1NC(=O)C=CC(=O)c1ccc([N+](=O)[O-])cc1. The first kappa shape index (κ1) is 17.1. The highest BCUT2D eigenvalue weighted by Crippen LogP contribution is 2.19. The van der Waals surface area contributed by atoms with Crippen LogP contribution in [-0.4, -0.2) is 16.6 Å². The quantitative estimate of drug-likeness (QED) is 0.394. The van der Waals surface area contributed by atoms with Crippen LogP contribution in [0, 0.1) is 24.0 Å². The lowest BCUT2D eigenvalue weighted by molar-refractivity contribution is -0.384. The number of nitrogens with zero attached hydrogens (tertiary/aromatic N) is 1. The highest BCUT2D eigenvalue weighted by Gasteiger charge is 2.08. The van der Waals surface area contributed by atoms with Gasteiger partial charge in [-0.25, -0.2) is 0 Å². The van der Waals surface area contributed by atoms with Crippen molar-refractivity contribution in [1.29, 1.82) is 0 Å². The Morgan fingerprint density at radius 2 is 1.58 bits per heavy atom. The first-order valence-corrected chi connectivity index (χ1v) is 7.22. The summed E-state index contributed by atoms with van der Waals surface area (Å²) >= 11 is 0. The summed E-state index contributed by atoms with van der Waals surface area (Å²) in [6, 6.07) is 10.9. The van der Waals surface area contributed by atoms with E-state index in [0.29, 0.717) is 0 Å². The van der Waals surface area contributed by atoms with Gasteiger partial charge in [0.05, 0.1) is 4.92 Å². The Balaban J connectivity index is 2.05. The van der Waals surface area contributed by atoms with E-state index in [1.807, 2.05) is 32.0 Å². The molecule has 0 spiro atoms. The number of carbonyl (C=O) groups is 2. The number of benzene rings is 2. The number of aryl methyl sites for hydroxylation is 2. The number of rotatable bonds is 5. The van der Waals surface area contributed by atoms with E-state index in [9.17, 15) is 19.7 Å². The fraction of sp³-hybridized carbons (Fsp3) is 0.111. The van der Waals surface area contributed by atoms with Crippen molar-refractivity contribution in [3.05, 3.63) is 81.4 Å². The maximum Gasteiger partial charge on any atom is 0.269 e. The molecule has 0 aliphatic carbocycles. The largest absolute Gasteiger partial charge is 0.322 e. The smallest absolute Gasteiger partial charge is 0.269 e. The summed E-state index contributed by atoms with van der Waals surface area (Å²) in [5, 5.41) is 13.3. The molecule has 0 saturated carbocycles. The maximum absolute atomic E-state index is 12.0. The molecule has 0 unspecified atom stereocenters. The minimum absolute atomic E-state index is 0.0942. The molecule has 0 bridgehead atoms. The van der Waals surface area contributed by atoms with E-state index in [1.165, 1.54) is 24.3 Å². The van der Waals surface area contributed by atoms with Crippen molar-refractivity contribution in [1.82, 2.24) is 0 Å². The fourth-order valence-corrected chi connectivity index (χ4v) is 2.17. The average Bonchev–Trinajstić information content (AvgIpc) is 2.56. The van der Waals surface area contributed by atoms with Crippen molar-refractivity contribution in [3.8, 4) is 0 Å². The third-order valence-corrected chi connectivity index (χ3v) is 3.48. The molecule has 24 heavy (non-hydrogen) atoms. The van der Waals surface area contributed by atoms with Crippen molar-refractivity contribution in [2.24, 2.45) is 0 Å². The number of amides is 1. The van der Waals surface area contributed by atoms with Crippen LogP contribution in [0.4, 0.5) is 11.4 Å². The summed E-state index contributed by atoms with van der Waals surface area (Å²) in [4.78, 5) is 34.0. The molecule has 6 nitrogen and oxygen atoms in total. The first-order valence-electron chi connectivity index (χ1n) is 7.22. The monoisotopic (exact) mass is 324 g/mol. The second-order valence-electron chi connectivity index (χ2n) is 5.26. The molecule has 0 fully saturated rings. The number of hydrogen-bond acceptors (Lipinski definition) is 4. The summed E-state index contributed by atoms with van der Waals surface area (Å²) in [5.74, 6) is -0.816. The van der Waals surface area contributed by atoms with E-state index in [-0.39, 0.29) is 11.3 Å². The van der Waals surface area contributed by atoms with Crippen LogP contribution in [0.25, 0.3) is 0 Å². The zero-order valence-corrected chi connectivity index (χ0v) is 13.3. The van der Waals surface area contributed by atoms with Crippen LogP contribution >= 0.6 is 0 Å². The maximum atomic E-state index is 12.0. The van der Waals surface area contributed by atoms with E-state index in [2.05, 4.69) is 5.32 Å². The van der Waals surface area contributed by atoms with E-state index in [1.54, 1.807) is 0 Å². The Labute approximate surface area is 139 Å². The second kappa shape index (κ2) is 7.32. The lowest BCUT2D eigenvalue weighted by Gasteiger charge is -2.09. The molecule has 1 N–H and O–H groups in total. The number of nitro groups is 1. The number of non-ortho nitro benzene ring substituents is 1. The predicted molar refractivity (Wildman–Crippen MR) is 91.1 cm³/mol. The number of carbonyl (C=O) groups excluding carboxylic acids is 2. The van der Waals surface area contributed by atoms with Crippen molar-refractivity contribution >= 4 is 23.1 Å². The fourth-order valence-electron chi connectivity index (χ4n) is 2.17. The Morgan fingerprint density at radius 3 is 2.12 bits per heavy atom. The van der Waals surface area contributed by atoms with Gasteiger partial charge in [-0.05, 0) is 43.2 Å². The van der Waals surface area contributed by atoms with Gasteiger partial charge >= 0.3 is 0 Å². The zero-order chi connectivity index (χ0) is 17.7. The lowest BCUT2D eigenvalue weighted by atomic mass is 10.1. The van der Waals surface area contributed by atoms with Gasteiger partial charge in [0.25, 0.3) is 5.69 Å². The van der Waals surface area contributed by atoms with Crippen LogP contribution in [0.3, 0.4) is 0 Å². The van der Waals surface area contributed by atoms with E-state index >= 15 is 0 Å².